The van der Waals surface area contributed by atoms with Gasteiger partial charge in [-0.3, -0.25) is 9.69 Å². The van der Waals surface area contributed by atoms with Crippen molar-refractivity contribution in [3.05, 3.63) is 72.6 Å². The minimum atomic E-state index is -3.52. The highest BCUT2D eigenvalue weighted by atomic mass is 32.2. The molecule has 1 aliphatic heterocycles. The van der Waals surface area contributed by atoms with Crippen LogP contribution in [0.3, 0.4) is 0 Å². The van der Waals surface area contributed by atoms with Gasteiger partial charge in [-0.2, -0.15) is 9.40 Å². The number of anilines is 1. The van der Waals surface area contributed by atoms with E-state index in [-0.39, 0.29) is 17.3 Å². The molecule has 4 rings (SSSR count). The summed E-state index contributed by atoms with van der Waals surface area (Å²) in [5.41, 5.74) is 2.44. The lowest BCUT2D eigenvalue weighted by Crippen LogP contribution is -2.30. The Kier molecular flexibility index (Phi) is 6.69. The molecule has 0 atom stereocenters. The average Bonchev–Trinajstić information content (AvgIpc) is 3.47. The van der Waals surface area contributed by atoms with Gasteiger partial charge in [0.05, 0.1) is 23.3 Å². The lowest BCUT2D eigenvalue weighted by atomic mass is 10.3. The second-order valence-electron chi connectivity index (χ2n) is 7.99. The minimum absolute atomic E-state index is 0.166. The maximum atomic E-state index is 12.8. The van der Waals surface area contributed by atoms with Gasteiger partial charge >= 0.3 is 0 Å². The minimum Gasteiger partial charge on any atom is -0.325 e. The molecule has 2 heterocycles. The van der Waals surface area contributed by atoms with Crippen molar-refractivity contribution in [2.24, 2.45) is 0 Å². The Labute approximate surface area is 188 Å². The monoisotopic (exact) mass is 453 g/mol. The molecule has 3 aromatic rings. The summed E-state index contributed by atoms with van der Waals surface area (Å²) in [5, 5.41) is 7.19. The van der Waals surface area contributed by atoms with Crippen LogP contribution in [-0.2, 0) is 21.4 Å². The van der Waals surface area contributed by atoms with Crippen molar-refractivity contribution in [1.29, 1.82) is 0 Å². The molecule has 9 heteroatoms. The quantitative estimate of drug-likeness (QED) is 0.567. The van der Waals surface area contributed by atoms with Crippen LogP contribution >= 0.6 is 0 Å². The molecule has 32 heavy (non-hydrogen) atoms. The van der Waals surface area contributed by atoms with Crippen molar-refractivity contribution in [2.45, 2.75) is 24.3 Å². The van der Waals surface area contributed by atoms with Gasteiger partial charge in [0.15, 0.2) is 0 Å². The molecular formula is C23H27N5O3S. The van der Waals surface area contributed by atoms with E-state index in [1.54, 1.807) is 29.1 Å². The fourth-order valence-corrected chi connectivity index (χ4v) is 5.35. The largest absolute Gasteiger partial charge is 0.325 e. The highest BCUT2D eigenvalue weighted by molar-refractivity contribution is 7.89. The van der Waals surface area contributed by atoms with Crippen LogP contribution in [0.2, 0.25) is 0 Å². The predicted molar refractivity (Wildman–Crippen MR) is 123 cm³/mol. The van der Waals surface area contributed by atoms with Gasteiger partial charge in [0.2, 0.25) is 15.9 Å². The molecule has 2 aromatic carbocycles. The summed E-state index contributed by atoms with van der Waals surface area (Å²) in [4.78, 5) is 14.6. The molecule has 0 radical (unpaired) electrons. The summed E-state index contributed by atoms with van der Waals surface area (Å²) in [7, 11) is -1.66. The van der Waals surface area contributed by atoms with E-state index in [4.69, 9.17) is 0 Å². The summed E-state index contributed by atoms with van der Waals surface area (Å²) >= 11 is 0. The van der Waals surface area contributed by atoms with Crippen LogP contribution in [0.15, 0.2) is 71.9 Å². The molecule has 0 saturated carbocycles. The molecule has 1 amide bonds. The smallest absolute Gasteiger partial charge is 0.243 e. The van der Waals surface area contributed by atoms with Crippen molar-refractivity contribution >= 4 is 21.6 Å². The third kappa shape index (κ3) is 5.24. The highest BCUT2D eigenvalue weighted by Gasteiger charge is 2.27. The summed E-state index contributed by atoms with van der Waals surface area (Å²) in [5.74, 6) is -0.210. The first-order valence-corrected chi connectivity index (χ1v) is 12.0. The maximum Gasteiger partial charge on any atom is 0.243 e. The zero-order valence-corrected chi connectivity index (χ0v) is 18.8. The molecule has 168 valence electrons. The Bertz CT molecular complexity index is 1170. The number of aromatic nitrogens is 2. The number of likely N-dealkylation sites (N-methyl/N-ethyl adjacent to an activating group) is 1. The highest BCUT2D eigenvalue weighted by Crippen LogP contribution is 2.23. The number of rotatable bonds is 8. The van der Waals surface area contributed by atoms with Crippen LogP contribution < -0.4 is 5.32 Å². The molecule has 1 saturated heterocycles. The van der Waals surface area contributed by atoms with Crippen molar-refractivity contribution in [2.75, 3.05) is 32.0 Å². The van der Waals surface area contributed by atoms with E-state index in [9.17, 15) is 13.2 Å². The molecule has 1 aromatic heterocycles. The number of carbonyl (C=O) groups excluding carboxylic acids is 1. The van der Waals surface area contributed by atoms with Crippen molar-refractivity contribution < 1.29 is 13.2 Å². The predicted octanol–water partition coefficient (Wildman–Crippen LogP) is 2.73. The van der Waals surface area contributed by atoms with E-state index in [1.165, 1.54) is 10.4 Å². The summed E-state index contributed by atoms with van der Waals surface area (Å²) in [6, 6.07) is 16.3. The number of nitrogens with one attached hydrogen (secondary N) is 1. The summed E-state index contributed by atoms with van der Waals surface area (Å²) in [6.07, 6.45) is 5.49. The van der Waals surface area contributed by atoms with Crippen LogP contribution in [0.25, 0.3) is 5.69 Å². The van der Waals surface area contributed by atoms with Crippen LogP contribution in [-0.4, -0.2) is 60.0 Å². The first-order valence-electron chi connectivity index (χ1n) is 10.6. The lowest BCUT2D eigenvalue weighted by molar-refractivity contribution is -0.117. The molecule has 1 fully saturated rings. The molecule has 0 aliphatic carbocycles. The van der Waals surface area contributed by atoms with Gasteiger partial charge in [-0.1, -0.05) is 24.3 Å². The van der Waals surface area contributed by atoms with E-state index in [1.807, 2.05) is 48.5 Å². The number of carbonyl (C=O) groups is 1. The zero-order valence-electron chi connectivity index (χ0n) is 18.0. The number of nitrogens with zero attached hydrogens (tertiary/aromatic N) is 4. The topological polar surface area (TPSA) is 87.5 Å². The molecule has 0 unspecified atom stereocenters. The molecule has 0 spiro atoms. The first kappa shape index (κ1) is 22.2. The first-order chi connectivity index (χ1) is 15.4. The summed E-state index contributed by atoms with van der Waals surface area (Å²) < 4.78 is 28.8. The average molecular weight is 454 g/mol. The summed E-state index contributed by atoms with van der Waals surface area (Å²) in [6.45, 7) is 1.82. The normalized spacial score (nSPS) is 14.7. The number of benzene rings is 2. The van der Waals surface area contributed by atoms with E-state index in [0.29, 0.717) is 25.3 Å². The van der Waals surface area contributed by atoms with Crippen LogP contribution in [0.1, 0.15) is 18.4 Å². The van der Waals surface area contributed by atoms with Crippen molar-refractivity contribution in [3.8, 4) is 5.69 Å². The fourth-order valence-electron chi connectivity index (χ4n) is 3.79. The van der Waals surface area contributed by atoms with Gasteiger partial charge in [0, 0.05) is 37.1 Å². The van der Waals surface area contributed by atoms with Crippen molar-refractivity contribution in [3.63, 3.8) is 0 Å². The van der Waals surface area contributed by atoms with Gasteiger partial charge in [-0.05, 0) is 50.2 Å². The van der Waals surface area contributed by atoms with Crippen molar-refractivity contribution in [1.82, 2.24) is 19.0 Å². The zero-order chi connectivity index (χ0) is 22.6. The Hall–Kier alpha value is -3.01. The molecule has 8 nitrogen and oxygen atoms in total. The van der Waals surface area contributed by atoms with Gasteiger partial charge < -0.3 is 5.32 Å². The Balaban J connectivity index is 1.34. The number of hydrogen-bond donors (Lipinski definition) is 1. The van der Waals surface area contributed by atoms with Gasteiger partial charge in [-0.25, -0.2) is 13.1 Å². The van der Waals surface area contributed by atoms with Gasteiger partial charge in [-0.15, -0.1) is 0 Å². The Morgan fingerprint density at radius 3 is 2.59 bits per heavy atom. The number of sulfonamides is 1. The third-order valence-corrected chi connectivity index (χ3v) is 7.24. The molecule has 0 bridgehead atoms. The molecule has 1 N–H and O–H groups in total. The lowest BCUT2D eigenvalue weighted by Gasteiger charge is -2.17. The number of amides is 1. The Morgan fingerprint density at radius 2 is 1.84 bits per heavy atom. The maximum absolute atomic E-state index is 12.8. The Morgan fingerprint density at radius 1 is 1.09 bits per heavy atom. The van der Waals surface area contributed by atoms with E-state index < -0.39 is 10.0 Å². The van der Waals surface area contributed by atoms with Gasteiger partial charge in [0.1, 0.15) is 0 Å². The van der Waals surface area contributed by atoms with Gasteiger partial charge in [0.25, 0.3) is 0 Å². The second-order valence-corrected chi connectivity index (χ2v) is 9.93. The SMILES string of the molecule is CN(CC(=O)Nc1cccc(S(=O)(=O)N2CCCC2)c1)Cc1cnn(-c2ccccc2)c1. The molecule has 1 aliphatic rings. The van der Waals surface area contributed by atoms with E-state index in [0.717, 1.165) is 24.1 Å². The number of hydrogen-bond acceptors (Lipinski definition) is 5. The van der Waals surface area contributed by atoms with Crippen LogP contribution in [0.4, 0.5) is 5.69 Å². The third-order valence-electron chi connectivity index (χ3n) is 5.34. The second kappa shape index (κ2) is 9.64. The number of para-hydroxylation sites is 1. The van der Waals surface area contributed by atoms with Crippen LogP contribution in [0, 0.1) is 0 Å². The molecular weight excluding hydrogens is 426 g/mol. The fraction of sp³-hybridized carbons (Fsp3) is 0.304. The van der Waals surface area contributed by atoms with Crippen LogP contribution in [0.5, 0.6) is 0 Å². The van der Waals surface area contributed by atoms with E-state index >= 15 is 0 Å². The standard InChI is InChI=1S/C23H27N5O3S/c1-26(16-19-15-24-28(17-19)21-9-3-2-4-10-21)18-23(29)25-20-8-7-11-22(14-20)32(30,31)27-12-5-6-13-27/h2-4,7-11,14-15,17H,5-6,12-13,16,18H2,1H3,(H,25,29). The van der Waals surface area contributed by atoms with E-state index in [2.05, 4.69) is 10.4 Å².